The smallest absolute Gasteiger partial charge is 0.0624 e. The Kier molecular flexibility index (Phi) is 3.91. The first-order chi connectivity index (χ1) is 4.45. The predicted octanol–water partition coefficient (Wildman–Crippen LogP) is 1.54. The fourth-order valence-corrected chi connectivity index (χ4v) is 0.475. The predicted molar refractivity (Wildman–Crippen MR) is 44.0 cm³/mol. The second-order valence-electron chi connectivity index (χ2n) is 3.59. The van der Waals surface area contributed by atoms with Crippen molar-refractivity contribution in [3.05, 3.63) is 0 Å². The van der Waals surface area contributed by atoms with Gasteiger partial charge in [-0.05, 0) is 27.2 Å². The summed E-state index contributed by atoms with van der Waals surface area (Å²) in [6, 6.07) is 0.194. The quantitative estimate of drug-likeness (QED) is 0.653. The Bertz CT molecular complexity index is 85.7. The minimum absolute atomic E-state index is 0.0488. The van der Waals surface area contributed by atoms with Crippen molar-refractivity contribution in [2.45, 2.75) is 45.8 Å². The van der Waals surface area contributed by atoms with Crippen LogP contribution in [0.15, 0.2) is 0 Å². The van der Waals surface area contributed by atoms with Gasteiger partial charge in [0, 0.05) is 6.04 Å². The van der Waals surface area contributed by atoms with Gasteiger partial charge >= 0.3 is 0 Å². The van der Waals surface area contributed by atoms with E-state index in [2.05, 4.69) is 6.92 Å². The lowest BCUT2D eigenvalue weighted by molar-refractivity contribution is -0.0102. The molecule has 0 amide bonds. The normalized spacial score (nSPS) is 15.3. The lowest BCUT2D eigenvalue weighted by Gasteiger charge is -2.21. The highest BCUT2D eigenvalue weighted by Gasteiger charge is 2.11. The highest BCUT2D eigenvalue weighted by molar-refractivity contribution is 4.63. The molecule has 62 valence electrons. The van der Waals surface area contributed by atoms with Gasteiger partial charge in [-0.2, -0.15) is 0 Å². The Labute approximate surface area is 63.7 Å². The molecule has 1 unspecified atom stereocenters. The zero-order valence-corrected chi connectivity index (χ0v) is 7.48. The average molecular weight is 145 g/mol. The first-order valence-corrected chi connectivity index (χ1v) is 3.85. The Hall–Kier alpha value is -0.0800. The monoisotopic (exact) mass is 145 g/mol. The van der Waals surface area contributed by atoms with E-state index in [0.717, 1.165) is 6.42 Å². The van der Waals surface area contributed by atoms with Gasteiger partial charge in [-0.15, -0.1) is 0 Å². The van der Waals surface area contributed by atoms with Crippen molar-refractivity contribution in [2.24, 2.45) is 5.73 Å². The van der Waals surface area contributed by atoms with Gasteiger partial charge in [0.25, 0.3) is 0 Å². The summed E-state index contributed by atoms with van der Waals surface area (Å²) in [6.45, 7) is 8.84. The van der Waals surface area contributed by atoms with E-state index in [0.29, 0.717) is 6.61 Å². The van der Waals surface area contributed by atoms with Crippen LogP contribution in [0.5, 0.6) is 0 Å². The maximum Gasteiger partial charge on any atom is 0.0624 e. The van der Waals surface area contributed by atoms with Crippen LogP contribution in [0.3, 0.4) is 0 Å². The summed E-state index contributed by atoms with van der Waals surface area (Å²) in [5, 5.41) is 0. The Balaban J connectivity index is 3.36. The third kappa shape index (κ3) is 6.05. The number of ether oxygens (including phenoxy) is 1. The van der Waals surface area contributed by atoms with E-state index in [1.165, 1.54) is 0 Å². The summed E-state index contributed by atoms with van der Waals surface area (Å²) in [7, 11) is 0. The van der Waals surface area contributed by atoms with Crippen molar-refractivity contribution >= 4 is 0 Å². The molecule has 0 aromatic rings. The maximum absolute atomic E-state index is 5.66. The van der Waals surface area contributed by atoms with Crippen LogP contribution in [-0.2, 0) is 4.74 Å². The van der Waals surface area contributed by atoms with Crippen LogP contribution >= 0.6 is 0 Å². The second kappa shape index (κ2) is 3.94. The van der Waals surface area contributed by atoms with Gasteiger partial charge in [0.2, 0.25) is 0 Å². The molecule has 0 saturated carbocycles. The van der Waals surface area contributed by atoms with E-state index in [1.54, 1.807) is 0 Å². The van der Waals surface area contributed by atoms with Crippen molar-refractivity contribution in [2.75, 3.05) is 6.61 Å². The molecular weight excluding hydrogens is 126 g/mol. The Morgan fingerprint density at radius 3 is 2.20 bits per heavy atom. The van der Waals surface area contributed by atoms with E-state index in [4.69, 9.17) is 10.5 Å². The molecule has 10 heavy (non-hydrogen) atoms. The topological polar surface area (TPSA) is 35.2 Å². The minimum atomic E-state index is -0.0488. The van der Waals surface area contributed by atoms with E-state index >= 15 is 0 Å². The number of nitrogens with two attached hydrogens (primary N) is 1. The van der Waals surface area contributed by atoms with Crippen LogP contribution in [0.2, 0.25) is 0 Å². The van der Waals surface area contributed by atoms with Crippen molar-refractivity contribution in [1.82, 2.24) is 0 Å². The third-order valence-electron chi connectivity index (χ3n) is 1.25. The number of hydrogen-bond donors (Lipinski definition) is 1. The SMILES string of the molecule is CCC(N)COC(C)(C)C. The van der Waals surface area contributed by atoms with Gasteiger partial charge in [-0.25, -0.2) is 0 Å². The molecule has 0 heterocycles. The van der Waals surface area contributed by atoms with Crippen molar-refractivity contribution < 1.29 is 4.74 Å². The lowest BCUT2D eigenvalue weighted by atomic mass is 10.2. The van der Waals surface area contributed by atoms with Crippen LogP contribution in [-0.4, -0.2) is 18.2 Å². The third-order valence-corrected chi connectivity index (χ3v) is 1.25. The molecule has 0 spiro atoms. The van der Waals surface area contributed by atoms with Gasteiger partial charge in [-0.1, -0.05) is 6.92 Å². The second-order valence-corrected chi connectivity index (χ2v) is 3.59. The first-order valence-electron chi connectivity index (χ1n) is 3.85. The largest absolute Gasteiger partial charge is 0.374 e. The van der Waals surface area contributed by atoms with Gasteiger partial charge in [-0.3, -0.25) is 0 Å². The minimum Gasteiger partial charge on any atom is -0.374 e. The van der Waals surface area contributed by atoms with Crippen molar-refractivity contribution in [3.8, 4) is 0 Å². The van der Waals surface area contributed by atoms with Crippen molar-refractivity contribution in [1.29, 1.82) is 0 Å². The molecule has 0 aliphatic rings. The summed E-state index contributed by atoms with van der Waals surface area (Å²) in [6.07, 6.45) is 0.982. The standard InChI is InChI=1S/C8H19NO/c1-5-7(9)6-10-8(2,3)4/h7H,5-6,9H2,1-4H3. The molecule has 0 aromatic carbocycles. The molecular formula is C8H19NO. The van der Waals surface area contributed by atoms with Crippen LogP contribution in [0.4, 0.5) is 0 Å². The molecule has 0 fully saturated rings. The lowest BCUT2D eigenvalue weighted by Crippen LogP contribution is -2.31. The van der Waals surface area contributed by atoms with E-state index in [1.807, 2.05) is 20.8 Å². The molecule has 0 saturated heterocycles. The molecule has 1 atom stereocenters. The molecule has 2 nitrogen and oxygen atoms in total. The van der Waals surface area contributed by atoms with Crippen LogP contribution in [0, 0.1) is 0 Å². The molecule has 0 aliphatic carbocycles. The van der Waals surface area contributed by atoms with Gasteiger partial charge in [0.1, 0.15) is 0 Å². The summed E-state index contributed by atoms with van der Waals surface area (Å²) < 4.78 is 5.46. The molecule has 0 radical (unpaired) electrons. The summed E-state index contributed by atoms with van der Waals surface area (Å²) in [4.78, 5) is 0. The number of rotatable bonds is 3. The summed E-state index contributed by atoms with van der Waals surface area (Å²) >= 11 is 0. The van der Waals surface area contributed by atoms with Gasteiger partial charge < -0.3 is 10.5 Å². The van der Waals surface area contributed by atoms with Crippen LogP contribution < -0.4 is 5.73 Å². The first kappa shape index (κ1) is 9.92. The highest BCUT2D eigenvalue weighted by Crippen LogP contribution is 2.06. The number of hydrogen-bond acceptors (Lipinski definition) is 2. The zero-order valence-electron chi connectivity index (χ0n) is 7.48. The maximum atomic E-state index is 5.66. The summed E-state index contributed by atoms with van der Waals surface area (Å²) in [5.41, 5.74) is 5.61. The average Bonchev–Trinajstić information content (AvgIpc) is 1.81. The molecule has 0 aromatic heterocycles. The fraction of sp³-hybridized carbons (Fsp3) is 1.00. The Morgan fingerprint density at radius 1 is 1.40 bits per heavy atom. The molecule has 2 heteroatoms. The molecule has 0 aliphatic heterocycles. The van der Waals surface area contributed by atoms with Gasteiger partial charge in [0.05, 0.1) is 12.2 Å². The molecule has 0 rings (SSSR count). The Morgan fingerprint density at radius 2 is 1.90 bits per heavy atom. The van der Waals surface area contributed by atoms with E-state index in [-0.39, 0.29) is 11.6 Å². The fourth-order valence-electron chi connectivity index (χ4n) is 0.475. The van der Waals surface area contributed by atoms with Gasteiger partial charge in [0.15, 0.2) is 0 Å². The van der Waals surface area contributed by atoms with E-state index in [9.17, 15) is 0 Å². The van der Waals surface area contributed by atoms with Crippen molar-refractivity contribution in [3.63, 3.8) is 0 Å². The van der Waals surface area contributed by atoms with E-state index < -0.39 is 0 Å². The molecule has 2 N–H and O–H groups in total. The molecule has 0 bridgehead atoms. The zero-order chi connectivity index (χ0) is 8.20. The highest BCUT2D eigenvalue weighted by atomic mass is 16.5. The summed E-state index contributed by atoms with van der Waals surface area (Å²) in [5.74, 6) is 0. The van der Waals surface area contributed by atoms with Crippen LogP contribution in [0.1, 0.15) is 34.1 Å². The van der Waals surface area contributed by atoms with Crippen LogP contribution in [0.25, 0.3) is 0 Å².